The van der Waals surface area contributed by atoms with Gasteiger partial charge in [0, 0.05) is 10.3 Å². The van der Waals surface area contributed by atoms with Gasteiger partial charge in [0.05, 0.1) is 5.69 Å². The summed E-state index contributed by atoms with van der Waals surface area (Å²) in [4.78, 5) is 4.36. The second-order valence-electron chi connectivity index (χ2n) is 1.98. The molecule has 0 unspecified atom stereocenters. The molecule has 0 aliphatic heterocycles. The van der Waals surface area contributed by atoms with Gasteiger partial charge in [-0.3, -0.25) is 5.43 Å². The Morgan fingerprint density at radius 3 is 2.58 bits per heavy atom. The van der Waals surface area contributed by atoms with Gasteiger partial charge >= 0.3 is 0 Å². The van der Waals surface area contributed by atoms with Crippen LogP contribution >= 0.6 is 11.6 Å². The second kappa shape index (κ2) is 4.56. The lowest BCUT2D eigenvalue weighted by molar-refractivity contribution is 0.188. The highest BCUT2D eigenvalue weighted by Gasteiger charge is 1.88. The molecule has 0 aromatic heterocycles. The Hall–Kier alpha value is -1.29. The summed E-state index contributed by atoms with van der Waals surface area (Å²) in [6.45, 7) is 0. The van der Waals surface area contributed by atoms with E-state index in [1.807, 2.05) is 0 Å². The Morgan fingerprint density at radius 1 is 1.33 bits per heavy atom. The fourth-order valence-corrected chi connectivity index (χ4v) is 0.769. The lowest BCUT2D eigenvalue weighted by atomic mass is 10.3. The number of nitrogens with zero attached hydrogens (tertiary/aromatic N) is 2. The quantitative estimate of drug-likeness (QED) is 0.581. The summed E-state index contributed by atoms with van der Waals surface area (Å²) >= 11 is 5.67. The summed E-state index contributed by atoms with van der Waals surface area (Å²) in [5.41, 5.74) is 3.45. The molecule has 0 aliphatic carbocycles. The van der Waals surface area contributed by atoms with Gasteiger partial charge < -0.3 is 4.84 Å². The van der Waals surface area contributed by atoms with E-state index in [9.17, 15) is 0 Å². The van der Waals surface area contributed by atoms with Crippen LogP contribution < -0.4 is 5.43 Å². The average Bonchev–Trinajstić information content (AvgIpc) is 2.09. The fourth-order valence-electron chi connectivity index (χ4n) is 0.643. The lowest BCUT2D eigenvalue weighted by Crippen LogP contribution is -1.85. The molecule has 1 aromatic carbocycles. The molecule has 64 valence electrons. The van der Waals surface area contributed by atoms with E-state index in [1.165, 1.54) is 7.11 Å². The first-order chi connectivity index (χ1) is 5.83. The zero-order valence-electron chi connectivity index (χ0n) is 6.49. The van der Waals surface area contributed by atoms with Crippen LogP contribution in [-0.4, -0.2) is 7.11 Å². The minimum Gasteiger partial charge on any atom is -0.382 e. The van der Waals surface area contributed by atoms with Gasteiger partial charge in [-0.05, 0) is 29.5 Å². The Bertz CT molecular complexity index is 260. The summed E-state index contributed by atoms with van der Waals surface area (Å²) in [5, 5.41) is 7.45. The SMILES string of the molecule is CO/N=N\Nc1ccc(Cl)cc1. The highest BCUT2D eigenvalue weighted by atomic mass is 35.5. The number of anilines is 1. The van der Waals surface area contributed by atoms with Crippen molar-refractivity contribution in [1.29, 1.82) is 0 Å². The largest absolute Gasteiger partial charge is 0.382 e. The third-order valence-electron chi connectivity index (χ3n) is 1.15. The van der Waals surface area contributed by atoms with Gasteiger partial charge in [0.1, 0.15) is 7.11 Å². The average molecular weight is 186 g/mol. The number of hydrogen-bond donors (Lipinski definition) is 1. The van der Waals surface area contributed by atoms with Crippen molar-refractivity contribution in [2.75, 3.05) is 12.5 Å². The Labute approximate surface area is 75.1 Å². The monoisotopic (exact) mass is 185 g/mol. The second-order valence-corrected chi connectivity index (χ2v) is 2.42. The van der Waals surface area contributed by atoms with E-state index < -0.39 is 0 Å². The van der Waals surface area contributed by atoms with E-state index in [2.05, 4.69) is 20.8 Å². The summed E-state index contributed by atoms with van der Waals surface area (Å²) in [5.74, 6) is 0. The predicted molar refractivity (Wildman–Crippen MR) is 46.9 cm³/mol. The van der Waals surface area contributed by atoms with E-state index >= 15 is 0 Å². The fraction of sp³-hybridized carbons (Fsp3) is 0.143. The van der Waals surface area contributed by atoms with E-state index in [-0.39, 0.29) is 0 Å². The van der Waals surface area contributed by atoms with Crippen molar-refractivity contribution in [1.82, 2.24) is 0 Å². The first-order valence-corrected chi connectivity index (χ1v) is 3.65. The van der Waals surface area contributed by atoms with E-state index in [0.29, 0.717) is 5.02 Å². The van der Waals surface area contributed by atoms with E-state index in [4.69, 9.17) is 11.6 Å². The molecule has 0 bridgehead atoms. The molecule has 0 aliphatic rings. The highest BCUT2D eigenvalue weighted by Crippen LogP contribution is 2.12. The molecule has 0 amide bonds. The van der Waals surface area contributed by atoms with E-state index in [1.54, 1.807) is 24.3 Å². The third kappa shape index (κ3) is 2.75. The van der Waals surface area contributed by atoms with Crippen molar-refractivity contribution in [3.8, 4) is 0 Å². The maximum atomic E-state index is 5.67. The Morgan fingerprint density at radius 2 is 2.00 bits per heavy atom. The van der Waals surface area contributed by atoms with Gasteiger partial charge in [-0.1, -0.05) is 11.6 Å². The maximum absolute atomic E-state index is 5.67. The molecule has 0 heterocycles. The molecule has 1 aromatic rings. The van der Waals surface area contributed by atoms with Gasteiger partial charge in [0.25, 0.3) is 0 Å². The smallest absolute Gasteiger partial charge is 0.108 e. The molecule has 1 N–H and O–H groups in total. The lowest BCUT2D eigenvalue weighted by Gasteiger charge is -1.96. The van der Waals surface area contributed by atoms with Crippen molar-refractivity contribution in [3.05, 3.63) is 29.3 Å². The maximum Gasteiger partial charge on any atom is 0.108 e. The topological polar surface area (TPSA) is 46.0 Å². The van der Waals surface area contributed by atoms with Crippen LogP contribution in [0, 0.1) is 0 Å². The molecule has 0 radical (unpaired) electrons. The predicted octanol–water partition coefficient (Wildman–Crippen LogP) is 2.68. The summed E-state index contributed by atoms with van der Waals surface area (Å²) < 4.78 is 0. The zero-order valence-corrected chi connectivity index (χ0v) is 7.25. The zero-order chi connectivity index (χ0) is 8.81. The Kier molecular flexibility index (Phi) is 3.35. The van der Waals surface area contributed by atoms with Crippen LogP contribution in [-0.2, 0) is 4.84 Å². The van der Waals surface area contributed by atoms with Crippen LogP contribution in [0.25, 0.3) is 0 Å². The molecule has 0 saturated carbocycles. The standard InChI is InChI=1S/C7H8ClN3O/c1-12-11-10-9-7-4-2-6(8)3-5-7/h2-5H,1H3,(H,9,11). The summed E-state index contributed by atoms with van der Waals surface area (Å²) in [7, 11) is 1.42. The van der Waals surface area contributed by atoms with Gasteiger partial charge in [0.2, 0.25) is 0 Å². The van der Waals surface area contributed by atoms with Crippen molar-refractivity contribution < 1.29 is 4.84 Å². The minimum atomic E-state index is 0.684. The molecule has 12 heavy (non-hydrogen) atoms. The summed E-state index contributed by atoms with van der Waals surface area (Å²) in [6, 6.07) is 7.09. The van der Waals surface area contributed by atoms with Crippen LogP contribution in [0.3, 0.4) is 0 Å². The molecule has 1 rings (SSSR count). The molecule has 4 nitrogen and oxygen atoms in total. The number of nitrogens with one attached hydrogen (secondary N) is 1. The van der Waals surface area contributed by atoms with Crippen LogP contribution in [0.2, 0.25) is 5.02 Å². The van der Waals surface area contributed by atoms with Crippen LogP contribution in [0.5, 0.6) is 0 Å². The normalized spacial score (nSPS) is 10.2. The first kappa shape index (κ1) is 8.80. The number of benzene rings is 1. The van der Waals surface area contributed by atoms with Crippen molar-refractivity contribution >= 4 is 17.3 Å². The van der Waals surface area contributed by atoms with Crippen molar-refractivity contribution in [2.45, 2.75) is 0 Å². The molecule has 0 fully saturated rings. The molecule has 0 spiro atoms. The first-order valence-electron chi connectivity index (χ1n) is 3.27. The minimum absolute atomic E-state index is 0.684. The van der Waals surface area contributed by atoms with Gasteiger partial charge in [0.15, 0.2) is 0 Å². The van der Waals surface area contributed by atoms with Gasteiger partial charge in [-0.2, -0.15) is 0 Å². The van der Waals surface area contributed by atoms with Gasteiger partial charge in [-0.25, -0.2) is 0 Å². The molecule has 0 atom stereocenters. The van der Waals surface area contributed by atoms with Crippen LogP contribution in [0.4, 0.5) is 5.69 Å². The van der Waals surface area contributed by atoms with Crippen molar-refractivity contribution in [2.24, 2.45) is 10.5 Å². The highest BCUT2D eigenvalue weighted by molar-refractivity contribution is 6.30. The molecular formula is C7H8ClN3O. The number of rotatable bonds is 3. The molecular weight excluding hydrogens is 178 g/mol. The Balaban J connectivity index is 2.53. The van der Waals surface area contributed by atoms with Gasteiger partial charge in [-0.15, -0.1) is 0 Å². The number of halogens is 1. The molecule has 5 heteroatoms. The summed E-state index contributed by atoms with van der Waals surface area (Å²) in [6.07, 6.45) is 0. The van der Waals surface area contributed by atoms with Crippen LogP contribution in [0.1, 0.15) is 0 Å². The molecule has 0 saturated heterocycles. The number of hydrogen-bond acceptors (Lipinski definition) is 3. The van der Waals surface area contributed by atoms with Crippen LogP contribution in [0.15, 0.2) is 34.8 Å². The third-order valence-corrected chi connectivity index (χ3v) is 1.40. The van der Waals surface area contributed by atoms with Crippen molar-refractivity contribution in [3.63, 3.8) is 0 Å². The van der Waals surface area contributed by atoms with E-state index in [0.717, 1.165) is 5.69 Å².